The molecule has 0 aliphatic heterocycles. The molecule has 0 aliphatic carbocycles. The summed E-state index contributed by atoms with van der Waals surface area (Å²) in [5.41, 5.74) is 0.491. The third kappa shape index (κ3) is 3.16. The van der Waals surface area contributed by atoms with Crippen LogP contribution in [0.4, 0.5) is 8.78 Å². The molecule has 0 spiro atoms. The standard InChI is InChI=1S/C15H12F2O2/c1-19-13-5-2-10(3-6-13)15(18)9-11-8-12(16)4-7-14(11)17/h2-8H,9H2,1H3. The summed E-state index contributed by atoms with van der Waals surface area (Å²) in [4.78, 5) is 11.9. The largest absolute Gasteiger partial charge is 0.497 e. The molecule has 0 aromatic heterocycles. The van der Waals surface area contributed by atoms with Gasteiger partial charge in [-0.3, -0.25) is 4.79 Å². The molecular formula is C15H12F2O2. The molecule has 0 bridgehead atoms. The van der Waals surface area contributed by atoms with Crippen LogP contribution in [-0.4, -0.2) is 12.9 Å². The van der Waals surface area contributed by atoms with Gasteiger partial charge in [0.25, 0.3) is 0 Å². The Labute approximate surface area is 109 Å². The van der Waals surface area contributed by atoms with E-state index in [-0.39, 0.29) is 17.8 Å². The number of halogens is 2. The summed E-state index contributed by atoms with van der Waals surface area (Å²) in [5, 5.41) is 0. The predicted octanol–water partition coefficient (Wildman–Crippen LogP) is 3.40. The van der Waals surface area contributed by atoms with Gasteiger partial charge in [-0.2, -0.15) is 0 Å². The summed E-state index contributed by atoms with van der Waals surface area (Å²) in [7, 11) is 1.53. The zero-order chi connectivity index (χ0) is 13.8. The van der Waals surface area contributed by atoms with Crippen LogP contribution in [0.1, 0.15) is 15.9 Å². The van der Waals surface area contributed by atoms with Crippen molar-refractivity contribution in [2.75, 3.05) is 7.11 Å². The summed E-state index contributed by atoms with van der Waals surface area (Å²) in [6.45, 7) is 0. The van der Waals surface area contributed by atoms with Gasteiger partial charge in [0.2, 0.25) is 0 Å². The average molecular weight is 262 g/mol. The highest BCUT2D eigenvalue weighted by Crippen LogP contribution is 2.16. The fourth-order valence-electron chi connectivity index (χ4n) is 1.73. The van der Waals surface area contributed by atoms with E-state index < -0.39 is 11.6 Å². The van der Waals surface area contributed by atoms with Crippen molar-refractivity contribution in [1.29, 1.82) is 0 Å². The van der Waals surface area contributed by atoms with E-state index in [4.69, 9.17) is 4.74 Å². The van der Waals surface area contributed by atoms with Crippen molar-refractivity contribution >= 4 is 5.78 Å². The fourth-order valence-corrected chi connectivity index (χ4v) is 1.73. The Hall–Kier alpha value is -2.23. The molecule has 0 fully saturated rings. The fraction of sp³-hybridized carbons (Fsp3) is 0.133. The monoisotopic (exact) mass is 262 g/mol. The number of hydrogen-bond donors (Lipinski definition) is 0. The van der Waals surface area contributed by atoms with Gasteiger partial charge in [-0.25, -0.2) is 8.78 Å². The number of carbonyl (C=O) groups is 1. The normalized spacial score (nSPS) is 10.3. The van der Waals surface area contributed by atoms with Crippen LogP contribution in [0.3, 0.4) is 0 Å². The zero-order valence-corrected chi connectivity index (χ0v) is 10.3. The van der Waals surface area contributed by atoms with Crippen LogP contribution >= 0.6 is 0 Å². The molecule has 2 nitrogen and oxygen atoms in total. The molecule has 0 saturated heterocycles. The van der Waals surface area contributed by atoms with Gasteiger partial charge < -0.3 is 4.74 Å². The Kier molecular flexibility index (Phi) is 3.90. The van der Waals surface area contributed by atoms with Crippen molar-refractivity contribution < 1.29 is 18.3 Å². The van der Waals surface area contributed by atoms with Gasteiger partial charge in [0, 0.05) is 12.0 Å². The molecule has 0 saturated carbocycles. The Morgan fingerprint density at radius 3 is 2.42 bits per heavy atom. The van der Waals surface area contributed by atoms with Crippen molar-refractivity contribution in [1.82, 2.24) is 0 Å². The van der Waals surface area contributed by atoms with Crippen LogP contribution in [-0.2, 0) is 6.42 Å². The molecule has 0 N–H and O–H groups in total. The topological polar surface area (TPSA) is 26.3 Å². The van der Waals surface area contributed by atoms with E-state index >= 15 is 0 Å². The minimum absolute atomic E-state index is 0.0563. The summed E-state index contributed by atoms with van der Waals surface area (Å²) < 4.78 is 31.4. The summed E-state index contributed by atoms with van der Waals surface area (Å²) in [6, 6.07) is 9.57. The maximum atomic E-state index is 13.4. The molecule has 0 amide bonds. The van der Waals surface area contributed by atoms with Crippen molar-refractivity contribution in [3.63, 3.8) is 0 Å². The van der Waals surface area contributed by atoms with E-state index in [9.17, 15) is 13.6 Å². The van der Waals surface area contributed by atoms with E-state index in [1.807, 2.05) is 0 Å². The minimum Gasteiger partial charge on any atom is -0.497 e. The highest BCUT2D eigenvalue weighted by atomic mass is 19.1. The van der Waals surface area contributed by atoms with E-state index in [1.165, 1.54) is 7.11 Å². The van der Waals surface area contributed by atoms with Crippen LogP contribution < -0.4 is 4.74 Å². The molecule has 2 aromatic rings. The lowest BCUT2D eigenvalue weighted by atomic mass is 10.0. The first kappa shape index (κ1) is 13.2. The predicted molar refractivity (Wildman–Crippen MR) is 67.4 cm³/mol. The molecule has 0 heterocycles. The van der Waals surface area contributed by atoms with Crippen LogP contribution in [0.5, 0.6) is 5.75 Å². The van der Waals surface area contributed by atoms with Gasteiger partial charge in [0.05, 0.1) is 7.11 Å². The Morgan fingerprint density at radius 2 is 1.79 bits per heavy atom. The Morgan fingerprint density at radius 1 is 1.11 bits per heavy atom. The van der Waals surface area contributed by atoms with Crippen LogP contribution in [0.25, 0.3) is 0 Å². The number of carbonyl (C=O) groups excluding carboxylic acids is 1. The van der Waals surface area contributed by atoms with Crippen LogP contribution in [0.15, 0.2) is 42.5 Å². The summed E-state index contributed by atoms with van der Waals surface area (Å²) >= 11 is 0. The summed E-state index contributed by atoms with van der Waals surface area (Å²) in [6.07, 6.45) is -0.171. The number of ether oxygens (including phenoxy) is 1. The maximum absolute atomic E-state index is 13.4. The second kappa shape index (κ2) is 5.61. The van der Waals surface area contributed by atoms with Crippen LogP contribution in [0, 0.1) is 11.6 Å². The van der Waals surface area contributed by atoms with Crippen molar-refractivity contribution in [2.24, 2.45) is 0 Å². The first-order chi connectivity index (χ1) is 9.10. The highest BCUT2D eigenvalue weighted by Gasteiger charge is 2.11. The Bertz CT molecular complexity index is 592. The number of Topliss-reactive ketones (excluding diaryl/α,β-unsaturated/α-hetero) is 1. The lowest BCUT2D eigenvalue weighted by molar-refractivity contribution is 0.0991. The van der Waals surface area contributed by atoms with E-state index in [1.54, 1.807) is 24.3 Å². The zero-order valence-electron chi connectivity index (χ0n) is 10.3. The van der Waals surface area contributed by atoms with Gasteiger partial charge >= 0.3 is 0 Å². The smallest absolute Gasteiger partial charge is 0.167 e. The van der Waals surface area contributed by atoms with Gasteiger partial charge in [0.15, 0.2) is 5.78 Å². The number of hydrogen-bond acceptors (Lipinski definition) is 2. The number of ketones is 1. The minimum atomic E-state index is -0.580. The van der Waals surface area contributed by atoms with Crippen LogP contribution in [0.2, 0.25) is 0 Å². The molecule has 98 valence electrons. The first-order valence-corrected chi connectivity index (χ1v) is 5.71. The van der Waals surface area contributed by atoms with Gasteiger partial charge in [-0.05, 0) is 48.0 Å². The third-order valence-corrected chi connectivity index (χ3v) is 2.77. The molecule has 2 rings (SSSR count). The quantitative estimate of drug-likeness (QED) is 0.789. The molecule has 19 heavy (non-hydrogen) atoms. The number of benzene rings is 2. The molecule has 0 unspecified atom stereocenters. The average Bonchev–Trinajstić information content (AvgIpc) is 2.43. The van der Waals surface area contributed by atoms with Gasteiger partial charge in [-0.1, -0.05) is 0 Å². The lowest BCUT2D eigenvalue weighted by Crippen LogP contribution is -2.05. The maximum Gasteiger partial charge on any atom is 0.167 e. The Balaban J connectivity index is 2.18. The van der Waals surface area contributed by atoms with Gasteiger partial charge in [0.1, 0.15) is 17.4 Å². The molecular weight excluding hydrogens is 250 g/mol. The second-order valence-corrected chi connectivity index (χ2v) is 4.06. The summed E-state index contributed by atoms with van der Waals surface area (Å²) in [5.74, 6) is -0.775. The SMILES string of the molecule is COc1ccc(C(=O)Cc2cc(F)ccc2F)cc1. The third-order valence-electron chi connectivity index (χ3n) is 2.77. The molecule has 0 radical (unpaired) electrons. The highest BCUT2D eigenvalue weighted by molar-refractivity contribution is 5.97. The molecule has 0 aliphatic rings. The first-order valence-electron chi connectivity index (χ1n) is 5.71. The number of methoxy groups -OCH3 is 1. The van der Waals surface area contributed by atoms with Gasteiger partial charge in [-0.15, -0.1) is 0 Å². The second-order valence-electron chi connectivity index (χ2n) is 4.06. The molecule has 4 heteroatoms. The van der Waals surface area contributed by atoms with Crippen molar-refractivity contribution in [2.45, 2.75) is 6.42 Å². The van der Waals surface area contributed by atoms with Crippen molar-refractivity contribution in [3.8, 4) is 5.75 Å². The molecule has 0 atom stereocenters. The molecule has 2 aromatic carbocycles. The van der Waals surface area contributed by atoms with E-state index in [0.717, 1.165) is 18.2 Å². The van der Waals surface area contributed by atoms with Crippen molar-refractivity contribution in [3.05, 3.63) is 65.2 Å². The lowest BCUT2D eigenvalue weighted by Gasteiger charge is -2.04. The van der Waals surface area contributed by atoms with E-state index in [2.05, 4.69) is 0 Å². The van der Waals surface area contributed by atoms with E-state index in [0.29, 0.717) is 11.3 Å². The number of rotatable bonds is 4.